The number of hydrogen-bond donors (Lipinski definition) is 1. The first-order valence-electron chi connectivity index (χ1n) is 9.24. The Morgan fingerprint density at radius 2 is 2.04 bits per heavy atom. The van der Waals surface area contributed by atoms with Gasteiger partial charge in [-0.05, 0) is 55.5 Å². The third-order valence-corrected chi connectivity index (χ3v) is 4.60. The molecule has 26 heavy (non-hydrogen) atoms. The normalized spacial score (nSPS) is 11.3. The Kier molecular flexibility index (Phi) is 5.40. The quantitative estimate of drug-likeness (QED) is 0.722. The molecule has 136 valence electrons. The predicted molar refractivity (Wildman–Crippen MR) is 107 cm³/mol. The number of rotatable bonds is 6. The van der Waals surface area contributed by atoms with Gasteiger partial charge in [-0.2, -0.15) is 0 Å². The Labute approximate surface area is 155 Å². The molecule has 0 atom stereocenters. The van der Waals surface area contributed by atoms with Crippen LogP contribution in [0.25, 0.3) is 11.0 Å². The van der Waals surface area contributed by atoms with Crippen molar-refractivity contribution < 1.29 is 4.79 Å². The standard InChI is InChI=1S/C22H27N3O/c1-15(2)13-25-14-18(19-6-5-10-23-21(19)25)9-11-24-22(26)20-12-16(3)7-8-17(20)4/h5-8,10,12,14-15H,9,11,13H2,1-4H3,(H,24,26). The fraction of sp³-hybridized carbons (Fsp3) is 0.364. The van der Waals surface area contributed by atoms with Crippen LogP contribution in [-0.2, 0) is 13.0 Å². The van der Waals surface area contributed by atoms with Gasteiger partial charge < -0.3 is 9.88 Å². The first kappa shape index (κ1) is 18.2. The lowest BCUT2D eigenvalue weighted by Crippen LogP contribution is -2.26. The zero-order valence-corrected chi connectivity index (χ0v) is 16.0. The van der Waals surface area contributed by atoms with Gasteiger partial charge >= 0.3 is 0 Å². The molecular weight excluding hydrogens is 322 g/mol. The molecule has 1 amide bonds. The molecule has 0 bridgehead atoms. The van der Waals surface area contributed by atoms with Crippen LogP contribution in [0.15, 0.2) is 42.7 Å². The van der Waals surface area contributed by atoms with Gasteiger partial charge in [-0.25, -0.2) is 4.98 Å². The van der Waals surface area contributed by atoms with Crippen LogP contribution in [0.5, 0.6) is 0 Å². The highest BCUT2D eigenvalue weighted by molar-refractivity contribution is 5.95. The van der Waals surface area contributed by atoms with Gasteiger partial charge in [0, 0.05) is 36.4 Å². The molecule has 0 spiro atoms. The van der Waals surface area contributed by atoms with Crippen molar-refractivity contribution in [2.24, 2.45) is 5.92 Å². The average Bonchev–Trinajstić information content (AvgIpc) is 2.94. The summed E-state index contributed by atoms with van der Waals surface area (Å²) < 4.78 is 2.22. The van der Waals surface area contributed by atoms with Crippen LogP contribution in [0.3, 0.4) is 0 Å². The Morgan fingerprint density at radius 3 is 2.81 bits per heavy atom. The lowest BCUT2D eigenvalue weighted by Gasteiger charge is -2.08. The number of nitrogens with zero attached hydrogens (tertiary/aromatic N) is 2. The number of carbonyl (C=O) groups is 1. The zero-order chi connectivity index (χ0) is 18.7. The molecule has 0 aliphatic rings. The van der Waals surface area contributed by atoms with Gasteiger partial charge in [0.1, 0.15) is 5.65 Å². The third kappa shape index (κ3) is 3.96. The molecule has 0 radical (unpaired) electrons. The van der Waals surface area contributed by atoms with Gasteiger partial charge in [0.25, 0.3) is 5.91 Å². The predicted octanol–water partition coefficient (Wildman–Crippen LogP) is 4.28. The molecule has 3 aromatic rings. The van der Waals surface area contributed by atoms with E-state index in [2.05, 4.69) is 41.0 Å². The highest BCUT2D eigenvalue weighted by Crippen LogP contribution is 2.21. The minimum absolute atomic E-state index is 0.00440. The van der Waals surface area contributed by atoms with E-state index in [1.54, 1.807) is 0 Å². The van der Waals surface area contributed by atoms with Crippen LogP contribution in [-0.4, -0.2) is 22.0 Å². The molecule has 0 saturated heterocycles. The molecule has 0 saturated carbocycles. The molecule has 0 fully saturated rings. The maximum absolute atomic E-state index is 12.5. The minimum atomic E-state index is -0.00440. The topological polar surface area (TPSA) is 46.9 Å². The number of aryl methyl sites for hydroxylation is 2. The molecule has 2 heterocycles. The molecular formula is C22H27N3O. The second kappa shape index (κ2) is 7.73. The monoisotopic (exact) mass is 349 g/mol. The van der Waals surface area contributed by atoms with Crippen LogP contribution >= 0.6 is 0 Å². The largest absolute Gasteiger partial charge is 0.352 e. The molecule has 4 nitrogen and oxygen atoms in total. The van der Waals surface area contributed by atoms with Gasteiger partial charge in [-0.15, -0.1) is 0 Å². The van der Waals surface area contributed by atoms with Crippen LogP contribution < -0.4 is 5.32 Å². The highest BCUT2D eigenvalue weighted by Gasteiger charge is 2.12. The average molecular weight is 349 g/mol. The molecule has 4 heteroatoms. The van der Waals surface area contributed by atoms with E-state index in [4.69, 9.17) is 0 Å². The van der Waals surface area contributed by atoms with E-state index in [9.17, 15) is 4.79 Å². The SMILES string of the molecule is Cc1ccc(C)c(C(=O)NCCc2cn(CC(C)C)c3ncccc23)c1. The molecule has 2 aromatic heterocycles. The smallest absolute Gasteiger partial charge is 0.251 e. The van der Waals surface area contributed by atoms with Crippen LogP contribution in [0.4, 0.5) is 0 Å². The van der Waals surface area contributed by atoms with E-state index < -0.39 is 0 Å². The van der Waals surface area contributed by atoms with Gasteiger partial charge in [-0.3, -0.25) is 4.79 Å². The first-order chi connectivity index (χ1) is 12.5. The number of aromatic nitrogens is 2. The summed E-state index contributed by atoms with van der Waals surface area (Å²) in [4.78, 5) is 17.0. The van der Waals surface area contributed by atoms with Crippen LogP contribution in [0, 0.1) is 19.8 Å². The van der Waals surface area contributed by atoms with Gasteiger partial charge in [0.2, 0.25) is 0 Å². The van der Waals surface area contributed by atoms with Crippen molar-refractivity contribution in [1.82, 2.24) is 14.9 Å². The summed E-state index contributed by atoms with van der Waals surface area (Å²) in [6.45, 7) is 9.95. The number of nitrogens with one attached hydrogen (secondary N) is 1. The number of pyridine rings is 1. The Hall–Kier alpha value is -2.62. The fourth-order valence-corrected chi connectivity index (χ4v) is 3.31. The van der Waals surface area contributed by atoms with E-state index in [1.807, 2.05) is 44.3 Å². The van der Waals surface area contributed by atoms with E-state index in [-0.39, 0.29) is 5.91 Å². The van der Waals surface area contributed by atoms with Crippen LogP contribution in [0.2, 0.25) is 0 Å². The Balaban J connectivity index is 1.72. The van der Waals surface area contributed by atoms with Crippen molar-refractivity contribution >= 4 is 16.9 Å². The summed E-state index contributed by atoms with van der Waals surface area (Å²) in [5.41, 5.74) is 5.12. The fourth-order valence-electron chi connectivity index (χ4n) is 3.31. The Bertz CT molecular complexity index is 924. The van der Waals surface area contributed by atoms with E-state index >= 15 is 0 Å². The summed E-state index contributed by atoms with van der Waals surface area (Å²) in [7, 11) is 0. The molecule has 1 N–H and O–H groups in total. The van der Waals surface area contributed by atoms with Crippen molar-refractivity contribution in [3.8, 4) is 0 Å². The van der Waals surface area contributed by atoms with Gasteiger partial charge in [-0.1, -0.05) is 31.5 Å². The summed E-state index contributed by atoms with van der Waals surface area (Å²) in [6.07, 6.45) is 4.82. The second-order valence-electron chi connectivity index (χ2n) is 7.40. The van der Waals surface area contributed by atoms with Gasteiger partial charge in [0.15, 0.2) is 0 Å². The van der Waals surface area contributed by atoms with Crippen molar-refractivity contribution in [1.29, 1.82) is 0 Å². The lowest BCUT2D eigenvalue weighted by molar-refractivity contribution is 0.0953. The molecule has 0 aliphatic heterocycles. The van der Waals surface area contributed by atoms with Gasteiger partial charge in [0.05, 0.1) is 0 Å². The molecule has 0 unspecified atom stereocenters. The zero-order valence-electron chi connectivity index (χ0n) is 16.0. The summed E-state index contributed by atoms with van der Waals surface area (Å²) in [6, 6.07) is 10.1. The van der Waals surface area contributed by atoms with E-state index in [0.717, 1.165) is 35.3 Å². The van der Waals surface area contributed by atoms with E-state index in [0.29, 0.717) is 12.5 Å². The number of hydrogen-bond acceptors (Lipinski definition) is 2. The maximum atomic E-state index is 12.5. The minimum Gasteiger partial charge on any atom is -0.352 e. The summed E-state index contributed by atoms with van der Waals surface area (Å²) in [5.74, 6) is 0.555. The first-order valence-corrected chi connectivity index (χ1v) is 9.24. The van der Waals surface area contributed by atoms with Crippen molar-refractivity contribution in [3.05, 3.63) is 65.0 Å². The van der Waals surface area contributed by atoms with Crippen molar-refractivity contribution in [2.45, 2.75) is 40.7 Å². The summed E-state index contributed by atoms with van der Waals surface area (Å²) >= 11 is 0. The number of benzene rings is 1. The maximum Gasteiger partial charge on any atom is 0.251 e. The Morgan fingerprint density at radius 1 is 1.23 bits per heavy atom. The number of fused-ring (bicyclic) bond motifs is 1. The number of carbonyl (C=O) groups excluding carboxylic acids is 1. The number of amides is 1. The molecule has 3 rings (SSSR count). The van der Waals surface area contributed by atoms with Crippen molar-refractivity contribution in [2.75, 3.05) is 6.54 Å². The highest BCUT2D eigenvalue weighted by atomic mass is 16.1. The third-order valence-electron chi connectivity index (χ3n) is 4.60. The lowest BCUT2D eigenvalue weighted by atomic mass is 10.0. The second-order valence-corrected chi connectivity index (χ2v) is 7.40. The van der Waals surface area contributed by atoms with Crippen LogP contribution in [0.1, 0.15) is 40.9 Å². The summed E-state index contributed by atoms with van der Waals surface area (Å²) in [5, 5.41) is 4.24. The molecule has 1 aromatic carbocycles. The van der Waals surface area contributed by atoms with E-state index in [1.165, 1.54) is 10.9 Å². The molecule has 0 aliphatic carbocycles. The van der Waals surface area contributed by atoms with Crippen molar-refractivity contribution in [3.63, 3.8) is 0 Å².